The fraction of sp³-hybridized carbons (Fsp3) is 0.258. The van der Waals surface area contributed by atoms with Crippen molar-refractivity contribution in [2.75, 3.05) is 23.9 Å². The van der Waals surface area contributed by atoms with Gasteiger partial charge in [-0.15, -0.1) is 0 Å². The molecule has 9 heteroatoms. The summed E-state index contributed by atoms with van der Waals surface area (Å²) in [7, 11) is 1.50. The van der Waals surface area contributed by atoms with Gasteiger partial charge in [-0.05, 0) is 105 Å². The minimum atomic E-state index is -0.200. The minimum absolute atomic E-state index is 0.00311. The number of ether oxygens (including phenoxy) is 1. The van der Waals surface area contributed by atoms with Gasteiger partial charge in [-0.25, -0.2) is 0 Å². The molecular formula is C31H32ClN5O2S. The normalized spacial score (nSPS) is 16.8. The van der Waals surface area contributed by atoms with E-state index in [4.69, 9.17) is 33.5 Å². The number of hydrogen-bond acceptors (Lipinski definition) is 4. The van der Waals surface area contributed by atoms with Gasteiger partial charge in [-0.3, -0.25) is 9.78 Å². The molecule has 7 nitrogen and oxygen atoms in total. The van der Waals surface area contributed by atoms with Crippen LogP contribution in [0.1, 0.15) is 45.9 Å². The number of aryl methyl sites for hydroxylation is 2. The molecule has 1 aliphatic heterocycles. The average molecular weight is 574 g/mol. The number of nitrogens with zero attached hydrogens (tertiary/aromatic N) is 3. The van der Waals surface area contributed by atoms with E-state index in [9.17, 15) is 4.79 Å². The van der Waals surface area contributed by atoms with Gasteiger partial charge in [0.15, 0.2) is 5.11 Å². The summed E-state index contributed by atoms with van der Waals surface area (Å²) in [4.78, 5) is 19.0. The van der Waals surface area contributed by atoms with E-state index >= 15 is 0 Å². The number of hydrogen-bond donors (Lipinski definition) is 2. The van der Waals surface area contributed by atoms with Crippen molar-refractivity contribution >= 4 is 46.2 Å². The Morgan fingerprint density at radius 1 is 1.10 bits per heavy atom. The third-order valence-electron chi connectivity index (χ3n) is 7.40. The predicted octanol–water partition coefficient (Wildman–Crippen LogP) is 6.52. The molecule has 0 unspecified atom stereocenters. The molecule has 206 valence electrons. The van der Waals surface area contributed by atoms with Crippen molar-refractivity contribution in [2.24, 2.45) is 0 Å². The minimum Gasteiger partial charge on any atom is -0.375 e. The maximum atomic E-state index is 12.1. The number of nitrogens with one attached hydrogen (secondary N) is 2. The summed E-state index contributed by atoms with van der Waals surface area (Å²) in [6.45, 7) is 8.26. The van der Waals surface area contributed by atoms with Crippen molar-refractivity contribution in [3.8, 4) is 5.69 Å². The summed E-state index contributed by atoms with van der Waals surface area (Å²) in [6.07, 6.45) is 1.81. The number of pyridine rings is 1. The Labute approximate surface area is 245 Å². The Morgan fingerprint density at radius 3 is 2.60 bits per heavy atom. The summed E-state index contributed by atoms with van der Waals surface area (Å²) in [6, 6.07) is 19.7. The third-order valence-corrected chi connectivity index (χ3v) is 8.13. The molecule has 2 aromatic heterocycles. The summed E-state index contributed by atoms with van der Waals surface area (Å²) in [5, 5.41) is 7.80. The summed E-state index contributed by atoms with van der Waals surface area (Å²) in [5.74, 6) is -0.200. The highest BCUT2D eigenvalue weighted by Crippen LogP contribution is 2.44. The molecule has 0 aliphatic carbocycles. The SMILES string of the molecule is COCC(=O)Nc1ccc(N2C(=S)N[C@@H](c3ccccn3)[C@@H]2c2cc(C)n(-c3cccc(Cl)c3C)c2C)cc1C. The van der Waals surface area contributed by atoms with Gasteiger partial charge >= 0.3 is 0 Å². The van der Waals surface area contributed by atoms with Crippen LogP contribution >= 0.6 is 23.8 Å². The van der Waals surface area contributed by atoms with Gasteiger partial charge in [0.2, 0.25) is 5.91 Å². The Hall–Kier alpha value is -3.72. The molecule has 2 N–H and O–H groups in total. The van der Waals surface area contributed by atoms with E-state index in [0.717, 1.165) is 55.9 Å². The number of aromatic nitrogens is 2. The Bertz CT molecular complexity index is 1590. The van der Waals surface area contributed by atoms with E-state index in [2.05, 4.69) is 46.1 Å². The van der Waals surface area contributed by atoms with E-state index < -0.39 is 0 Å². The standard InChI is InChI=1S/C31H32ClN5O2S/c1-18-15-22(12-13-25(18)34-28(38)17-39-5)37-30(29(35-31(37)40)26-10-6-7-14-33-26)23-16-19(2)36(21(23)4)27-11-8-9-24(32)20(27)3/h6-16,29-30H,17H2,1-5H3,(H,34,38)(H,35,40)/t29-,30-/m0/s1. The van der Waals surface area contributed by atoms with Crippen LogP contribution in [-0.4, -0.2) is 34.3 Å². The van der Waals surface area contributed by atoms with Gasteiger partial charge < -0.3 is 24.8 Å². The molecule has 2 aromatic carbocycles. The Morgan fingerprint density at radius 2 is 1.90 bits per heavy atom. The molecule has 1 amide bonds. The molecule has 0 radical (unpaired) electrons. The van der Waals surface area contributed by atoms with E-state index in [-0.39, 0.29) is 24.6 Å². The summed E-state index contributed by atoms with van der Waals surface area (Å²) < 4.78 is 7.21. The van der Waals surface area contributed by atoms with Gasteiger partial charge in [0.1, 0.15) is 6.61 Å². The highest BCUT2D eigenvalue weighted by atomic mass is 35.5. The number of anilines is 2. The largest absolute Gasteiger partial charge is 0.375 e. The summed E-state index contributed by atoms with van der Waals surface area (Å²) in [5.41, 5.74) is 8.89. The van der Waals surface area contributed by atoms with Crippen molar-refractivity contribution in [3.63, 3.8) is 0 Å². The molecule has 0 spiro atoms. The first-order valence-corrected chi connectivity index (χ1v) is 13.8. The zero-order valence-electron chi connectivity index (χ0n) is 23.2. The van der Waals surface area contributed by atoms with Crippen LogP contribution in [0.4, 0.5) is 11.4 Å². The first-order chi connectivity index (χ1) is 19.2. The van der Waals surface area contributed by atoms with Crippen molar-refractivity contribution in [1.29, 1.82) is 0 Å². The monoisotopic (exact) mass is 573 g/mol. The van der Waals surface area contributed by atoms with Crippen molar-refractivity contribution in [2.45, 2.75) is 39.8 Å². The Kier molecular flexibility index (Phi) is 7.94. The molecule has 4 aromatic rings. The molecular weight excluding hydrogens is 542 g/mol. The van der Waals surface area contributed by atoms with Crippen LogP contribution in [-0.2, 0) is 9.53 Å². The van der Waals surface area contributed by atoms with E-state index in [1.54, 1.807) is 6.20 Å². The van der Waals surface area contributed by atoms with Crippen molar-refractivity contribution in [1.82, 2.24) is 14.9 Å². The second-order valence-electron chi connectivity index (χ2n) is 10.0. The lowest BCUT2D eigenvalue weighted by atomic mass is 9.96. The van der Waals surface area contributed by atoms with Gasteiger partial charge in [-0.1, -0.05) is 23.7 Å². The lowest BCUT2D eigenvalue weighted by Gasteiger charge is -2.29. The average Bonchev–Trinajstić information content (AvgIpc) is 3.42. The molecule has 3 heterocycles. The van der Waals surface area contributed by atoms with Crippen LogP contribution in [0.5, 0.6) is 0 Å². The van der Waals surface area contributed by atoms with Gasteiger partial charge in [0, 0.05) is 46.8 Å². The third kappa shape index (κ3) is 5.10. The number of halogens is 1. The molecule has 1 fully saturated rings. The van der Waals surface area contributed by atoms with E-state index in [1.165, 1.54) is 7.11 Å². The fourth-order valence-electron chi connectivity index (χ4n) is 5.50. The predicted molar refractivity (Wildman–Crippen MR) is 165 cm³/mol. The molecule has 0 saturated carbocycles. The smallest absolute Gasteiger partial charge is 0.250 e. The molecule has 0 bridgehead atoms. The van der Waals surface area contributed by atoms with Crippen LogP contribution in [0.3, 0.4) is 0 Å². The molecule has 1 saturated heterocycles. The van der Waals surface area contributed by atoms with Crippen LogP contribution in [0.15, 0.2) is 66.9 Å². The maximum absolute atomic E-state index is 12.1. The van der Waals surface area contributed by atoms with E-state index in [0.29, 0.717) is 5.11 Å². The fourth-order valence-corrected chi connectivity index (χ4v) is 6.02. The topological polar surface area (TPSA) is 71.4 Å². The lowest BCUT2D eigenvalue weighted by molar-refractivity contribution is -0.119. The second-order valence-corrected chi connectivity index (χ2v) is 10.8. The van der Waals surface area contributed by atoms with Crippen LogP contribution in [0.2, 0.25) is 5.02 Å². The lowest BCUT2D eigenvalue weighted by Crippen LogP contribution is -2.29. The quantitative estimate of drug-likeness (QED) is 0.245. The maximum Gasteiger partial charge on any atom is 0.250 e. The van der Waals surface area contributed by atoms with Crippen molar-refractivity contribution in [3.05, 3.63) is 106 Å². The highest BCUT2D eigenvalue weighted by molar-refractivity contribution is 7.80. The van der Waals surface area contributed by atoms with Gasteiger partial charge in [-0.2, -0.15) is 0 Å². The van der Waals surface area contributed by atoms with Gasteiger partial charge in [0.05, 0.1) is 17.8 Å². The van der Waals surface area contributed by atoms with Crippen LogP contribution in [0.25, 0.3) is 5.69 Å². The van der Waals surface area contributed by atoms with E-state index in [1.807, 2.05) is 62.4 Å². The highest BCUT2D eigenvalue weighted by Gasteiger charge is 2.42. The van der Waals surface area contributed by atoms with Crippen LogP contribution in [0, 0.1) is 27.7 Å². The zero-order valence-corrected chi connectivity index (χ0v) is 24.7. The number of methoxy groups -OCH3 is 1. The molecule has 5 rings (SSSR count). The van der Waals surface area contributed by atoms with Crippen molar-refractivity contribution < 1.29 is 9.53 Å². The number of rotatable bonds is 7. The first kappa shape index (κ1) is 27.8. The number of amides is 1. The number of carbonyl (C=O) groups is 1. The Balaban J connectivity index is 1.63. The number of carbonyl (C=O) groups excluding carboxylic acids is 1. The van der Waals surface area contributed by atoms with Crippen LogP contribution < -0.4 is 15.5 Å². The number of benzene rings is 2. The first-order valence-electron chi connectivity index (χ1n) is 13.1. The molecule has 40 heavy (non-hydrogen) atoms. The second kappa shape index (κ2) is 11.4. The zero-order chi connectivity index (χ0) is 28.6. The number of thiocarbonyl (C=S) groups is 1. The molecule has 2 atom stereocenters. The molecule has 1 aliphatic rings. The van der Waals surface area contributed by atoms with Gasteiger partial charge in [0.25, 0.3) is 0 Å². The summed E-state index contributed by atoms with van der Waals surface area (Å²) >= 11 is 12.5.